The fourth-order valence-electron chi connectivity index (χ4n) is 2.28. The lowest BCUT2D eigenvalue weighted by Crippen LogP contribution is -2.17. The maximum atomic E-state index is 12.5. The van der Waals surface area contributed by atoms with Crippen molar-refractivity contribution < 1.29 is 14.3 Å². The normalized spacial score (nSPS) is 10.6. The number of hydrogen-bond acceptors (Lipinski definition) is 4. The maximum absolute atomic E-state index is 12.5. The molecule has 1 amide bonds. The Hall–Kier alpha value is -2.86. The van der Waals surface area contributed by atoms with Crippen LogP contribution in [-0.2, 0) is 4.74 Å². The number of carbonyl (C=O) groups excluding carboxylic acids is 2. The number of nitrogens with zero attached hydrogens (tertiary/aromatic N) is 2. The number of hydrogen-bond donors (Lipinski definition) is 1. The molecular formula is C17H14ClN3O3. The summed E-state index contributed by atoms with van der Waals surface area (Å²) in [5, 5.41) is 3.03. The lowest BCUT2D eigenvalue weighted by molar-refractivity contribution is 0.0521. The van der Waals surface area contributed by atoms with Crippen molar-refractivity contribution in [3.8, 4) is 0 Å². The molecule has 1 N–H and O–H groups in total. The third kappa shape index (κ3) is 2.96. The smallest absolute Gasteiger partial charge is 0.360 e. The largest absolute Gasteiger partial charge is 0.461 e. The van der Waals surface area contributed by atoms with Crippen molar-refractivity contribution >= 4 is 34.9 Å². The first-order valence-electron chi connectivity index (χ1n) is 7.32. The van der Waals surface area contributed by atoms with E-state index in [2.05, 4.69) is 10.3 Å². The Labute approximate surface area is 143 Å². The van der Waals surface area contributed by atoms with Gasteiger partial charge in [0.1, 0.15) is 5.65 Å². The molecule has 2 heterocycles. The molecular weight excluding hydrogens is 330 g/mol. The molecule has 6 nitrogen and oxygen atoms in total. The zero-order chi connectivity index (χ0) is 17.1. The van der Waals surface area contributed by atoms with Gasteiger partial charge in [-0.05, 0) is 31.2 Å². The first-order chi connectivity index (χ1) is 11.6. The molecule has 0 radical (unpaired) electrons. The monoisotopic (exact) mass is 343 g/mol. The van der Waals surface area contributed by atoms with Gasteiger partial charge in [0.2, 0.25) is 0 Å². The predicted molar refractivity (Wildman–Crippen MR) is 90.6 cm³/mol. The number of ether oxygens (including phenoxy) is 1. The molecule has 0 atom stereocenters. The van der Waals surface area contributed by atoms with Crippen LogP contribution in [0.25, 0.3) is 5.65 Å². The molecule has 0 fully saturated rings. The van der Waals surface area contributed by atoms with Gasteiger partial charge in [-0.2, -0.15) is 0 Å². The van der Waals surface area contributed by atoms with Crippen LogP contribution in [0.2, 0.25) is 5.02 Å². The molecule has 0 unspecified atom stereocenters. The van der Waals surface area contributed by atoms with Crippen molar-refractivity contribution in [2.45, 2.75) is 6.92 Å². The summed E-state index contributed by atoms with van der Waals surface area (Å²) >= 11 is 6.05. The summed E-state index contributed by atoms with van der Waals surface area (Å²) in [5.74, 6) is -0.790. The van der Waals surface area contributed by atoms with Crippen molar-refractivity contribution in [2.75, 3.05) is 11.9 Å². The molecule has 122 valence electrons. The van der Waals surface area contributed by atoms with Crippen LogP contribution in [0, 0.1) is 0 Å². The number of amides is 1. The average Bonchev–Trinajstić information content (AvgIpc) is 2.94. The average molecular weight is 344 g/mol. The Bertz CT molecular complexity index is 920. The molecule has 7 heteroatoms. The summed E-state index contributed by atoms with van der Waals surface area (Å²) in [6, 6.07) is 12.0. The van der Waals surface area contributed by atoms with E-state index in [1.807, 2.05) is 0 Å². The van der Waals surface area contributed by atoms with Crippen LogP contribution >= 0.6 is 11.6 Å². The molecule has 3 aromatic rings. The van der Waals surface area contributed by atoms with Gasteiger partial charge in [-0.3, -0.25) is 9.20 Å². The Kier molecular flexibility index (Phi) is 4.48. The molecule has 0 spiro atoms. The third-order valence-corrected chi connectivity index (χ3v) is 3.68. The Morgan fingerprint density at radius 1 is 1.21 bits per heavy atom. The van der Waals surface area contributed by atoms with Gasteiger partial charge < -0.3 is 10.1 Å². The number of rotatable bonds is 4. The van der Waals surface area contributed by atoms with Crippen molar-refractivity contribution in [3.63, 3.8) is 0 Å². The first kappa shape index (κ1) is 16.0. The van der Waals surface area contributed by atoms with E-state index in [9.17, 15) is 9.59 Å². The number of nitrogens with one attached hydrogen (secondary N) is 1. The van der Waals surface area contributed by atoms with E-state index in [4.69, 9.17) is 16.3 Å². The quantitative estimate of drug-likeness (QED) is 0.737. The van der Waals surface area contributed by atoms with E-state index in [1.165, 1.54) is 0 Å². The molecule has 0 aliphatic rings. The first-order valence-corrected chi connectivity index (χ1v) is 7.69. The highest BCUT2D eigenvalue weighted by Crippen LogP contribution is 2.22. The molecule has 24 heavy (non-hydrogen) atoms. The molecule has 0 saturated carbocycles. The number of fused-ring (bicyclic) bond motifs is 1. The van der Waals surface area contributed by atoms with Crippen LogP contribution in [0.4, 0.5) is 5.82 Å². The Morgan fingerprint density at radius 2 is 1.96 bits per heavy atom. The molecule has 0 aliphatic carbocycles. The minimum atomic E-state index is -0.601. The number of carbonyl (C=O) groups is 2. The highest BCUT2D eigenvalue weighted by Gasteiger charge is 2.22. The van der Waals surface area contributed by atoms with Crippen molar-refractivity contribution in [2.24, 2.45) is 0 Å². The summed E-state index contributed by atoms with van der Waals surface area (Å²) in [6.45, 7) is 1.92. The van der Waals surface area contributed by atoms with E-state index in [0.29, 0.717) is 16.2 Å². The van der Waals surface area contributed by atoms with Crippen molar-refractivity contribution in [3.05, 3.63) is 64.9 Å². The Morgan fingerprint density at radius 3 is 2.71 bits per heavy atom. The van der Waals surface area contributed by atoms with Crippen LogP contribution in [0.3, 0.4) is 0 Å². The van der Waals surface area contributed by atoms with Gasteiger partial charge in [0.05, 0.1) is 17.2 Å². The number of benzene rings is 1. The van der Waals surface area contributed by atoms with E-state index < -0.39 is 11.9 Å². The van der Waals surface area contributed by atoms with Crippen LogP contribution in [-0.4, -0.2) is 27.9 Å². The number of aromatic nitrogens is 2. The number of esters is 1. The van der Waals surface area contributed by atoms with Crippen LogP contribution in [0.15, 0.2) is 48.7 Å². The zero-order valence-electron chi connectivity index (χ0n) is 12.8. The van der Waals surface area contributed by atoms with Gasteiger partial charge in [0.15, 0.2) is 11.5 Å². The van der Waals surface area contributed by atoms with Crippen molar-refractivity contribution in [1.29, 1.82) is 0 Å². The van der Waals surface area contributed by atoms with Gasteiger partial charge in [-0.25, -0.2) is 9.78 Å². The standard InChI is InChI=1S/C17H14ClN3O3/c1-2-24-17(23)14-15(21-10-6-5-9-13(21)19-14)20-16(22)11-7-3-4-8-12(11)18/h3-10H,2H2,1H3,(H,20,22). The van der Waals surface area contributed by atoms with Crippen LogP contribution in [0.1, 0.15) is 27.8 Å². The summed E-state index contributed by atoms with van der Waals surface area (Å²) < 4.78 is 6.63. The molecule has 0 saturated heterocycles. The van der Waals surface area contributed by atoms with Gasteiger partial charge in [0.25, 0.3) is 5.91 Å². The molecule has 0 bridgehead atoms. The number of halogens is 1. The van der Waals surface area contributed by atoms with Crippen LogP contribution < -0.4 is 5.32 Å². The summed E-state index contributed by atoms with van der Waals surface area (Å²) in [6.07, 6.45) is 1.70. The zero-order valence-corrected chi connectivity index (χ0v) is 13.6. The Balaban J connectivity index is 2.04. The summed E-state index contributed by atoms with van der Waals surface area (Å²) in [4.78, 5) is 28.9. The second-order valence-electron chi connectivity index (χ2n) is 4.89. The van der Waals surface area contributed by atoms with Gasteiger partial charge in [-0.1, -0.05) is 29.8 Å². The van der Waals surface area contributed by atoms with E-state index in [1.54, 1.807) is 60.0 Å². The lowest BCUT2D eigenvalue weighted by atomic mass is 10.2. The third-order valence-electron chi connectivity index (χ3n) is 3.35. The highest BCUT2D eigenvalue weighted by atomic mass is 35.5. The predicted octanol–water partition coefficient (Wildman–Crippen LogP) is 3.42. The van der Waals surface area contributed by atoms with Gasteiger partial charge in [-0.15, -0.1) is 0 Å². The molecule has 0 aliphatic heterocycles. The number of anilines is 1. The minimum Gasteiger partial charge on any atom is -0.461 e. The van der Waals surface area contributed by atoms with E-state index in [0.717, 1.165) is 0 Å². The lowest BCUT2D eigenvalue weighted by Gasteiger charge is -2.08. The van der Waals surface area contributed by atoms with Gasteiger partial charge in [0, 0.05) is 6.20 Å². The molecule has 3 rings (SSSR count). The van der Waals surface area contributed by atoms with Crippen LogP contribution in [0.5, 0.6) is 0 Å². The molecule has 1 aromatic carbocycles. The van der Waals surface area contributed by atoms with Crippen molar-refractivity contribution in [1.82, 2.24) is 9.38 Å². The second kappa shape index (κ2) is 6.72. The fourth-order valence-corrected chi connectivity index (χ4v) is 2.50. The second-order valence-corrected chi connectivity index (χ2v) is 5.30. The number of imidazole rings is 1. The number of pyridine rings is 1. The highest BCUT2D eigenvalue weighted by molar-refractivity contribution is 6.34. The molecule has 2 aromatic heterocycles. The SMILES string of the molecule is CCOC(=O)c1nc2ccccn2c1NC(=O)c1ccccc1Cl. The maximum Gasteiger partial charge on any atom is 0.360 e. The van der Waals surface area contributed by atoms with E-state index in [-0.39, 0.29) is 18.1 Å². The minimum absolute atomic E-state index is 0.0449. The summed E-state index contributed by atoms with van der Waals surface area (Å²) in [7, 11) is 0. The van der Waals surface area contributed by atoms with E-state index >= 15 is 0 Å². The summed E-state index contributed by atoms with van der Waals surface area (Å²) in [5.41, 5.74) is 0.873. The fraction of sp³-hybridized carbons (Fsp3) is 0.118. The topological polar surface area (TPSA) is 72.7 Å². The van der Waals surface area contributed by atoms with Gasteiger partial charge >= 0.3 is 5.97 Å².